The molecule has 136 valence electrons. The Bertz CT molecular complexity index is 927. The van der Waals surface area contributed by atoms with Crippen molar-refractivity contribution in [2.45, 2.75) is 26.2 Å². The van der Waals surface area contributed by atoms with E-state index in [0.717, 1.165) is 18.4 Å². The number of carbonyl (C=O) groups excluding carboxylic acids is 1. The highest BCUT2D eigenvalue weighted by Gasteiger charge is 2.55. The summed E-state index contributed by atoms with van der Waals surface area (Å²) in [6, 6.07) is 8.68. The van der Waals surface area contributed by atoms with E-state index in [-0.39, 0.29) is 29.6 Å². The number of hydrogen-bond acceptors (Lipinski definition) is 3. The normalized spacial score (nSPS) is 24.7. The first-order chi connectivity index (χ1) is 12.4. The molecule has 1 saturated carbocycles. The number of nitrogens with one attached hydrogen (secondary N) is 1. The number of aromatic amines is 1. The largest absolute Gasteiger partial charge is 0.481 e. The van der Waals surface area contributed by atoms with Crippen LogP contribution in [0.1, 0.15) is 35.3 Å². The highest BCUT2D eigenvalue weighted by Crippen LogP contribution is 2.49. The van der Waals surface area contributed by atoms with Crippen molar-refractivity contribution in [3.8, 4) is 5.69 Å². The zero-order valence-electron chi connectivity index (χ0n) is 14.6. The zero-order valence-corrected chi connectivity index (χ0v) is 14.6. The summed E-state index contributed by atoms with van der Waals surface area (Å²) in [5.74, 6) is -1.14. The first-order valence-electron chi connectivity index (χ1n) is 8.82. The number of benzene rings is 1. The highest BCUT2D eigenvalue weighted by molar-refractivity contribution is 5.93. The summed E-state index contributed by atoms with van der Waals surface area (Å²) in [4.78, 5) is 38.5. The number of rotatable bonds is 3. The number of hydrogen-bond donors (Lipinski definition) is 2. The Kier molecular flexibility index (Phi) is 3.75. The molecule has 1 aliphatic heterocycles. The Morgan fingerprint density at radius 1 is 1.27 bits per heavy atom. The van der Waals surface area contributed by atoms with E-state index in [0.29, 0.717) is 18.7 Å². The van der Waals surface area contributed by atoms with E-state index >= 15 is 0 Å². The van der Waals surface area contributed by atoms with Crippen LogP contribution >= 0.6 is 0 Å². The summed E-state index contributed by atoms with van der Waals surface area (Å²) < 4.78 is 1.33. The number of carbonyl (C=O) groups is 2. The minimum absolute atomic E-state index is 0.00476. The third-order valence-electron chi connectivity index (χ3n) is 5.83. The van der Waals surface area contributed by atoms with Crippen molar-refractivity contribution in [1.29, 1.82) is 0 Å². The molecule has 1 aliphatic carbocycles. The third kappa shape index (κ3) is 2.46. The number of amides is 1. The molecular formula is C19H21N3O4. The number of aliphatic carboxylic acids is 1. The topological polar surface area (TPSA) is 95.4 Å². The zero-order chi connectivity index (χ0) is 18.5. The van der Waals surface area contributed by atoms with Crippen LogP contribution in [0.4, 0.5) is 0 Å². The van der Waals surface area contributed by atoms with Gasteiger partial charge in [-0.25, -0.2) is 4.68 Å². The summed E-state index contributed by atoms with van der Waals surface area (Å²) in [6.07, 6.45) is 2.33. The van der Waals surface area contributed by atoms with Crippen LogP contribution in [-0.4, -0.2) is 44.8 Å². The fraction of sp³-hybridized carbons (Fsp3) is 0.421. The molecule has 2 fully saturated rings. The molecule has 1 aromatic heterocycles. The summed E-state index contributed by atoms with van der Waals surface area (Å²) in [7, 11) is 0. The van der Waals surface area contributed by atoms with Gasteiger partial charge in [-0.3, -0.25) is 19.5 Å². The maximum Gasteiger partial charge on any atom is 0.311 e. The molecular weight excluding hydrogens is 334 g/mol. The van der Waals surface area contributed by atoms with Crippen LogP contribution in [0, 0.1) is 18.3 Å². The number of likely N-dealkylation sites (tertiary alicyclic amines) is 1. The molecule has 4 rings (SSSR count). The predicted octanol–water partition coefficient (Wildman–Crippen LogP) is 1.80. The average molecular weight is 355 g/mol. The SMILES string of the molecule is Cc1ccc(-n2[nH]c(C(=O)N3C[C@@H]4CCC[C@@]4(C(=O)O)C3)cc2=O)cc1. The van der Waals surface area contributed by atoms with Gasteiger partial charge < -0.3 is 10.0 Å². The lowest BCUT2D eigenvalue weighted by atomic mass is 9.81. The van der Waals surface area contributed by atoms with Crippen molar-refractivity contribution in [2.24, 2.45) is 11.3 Å². The molecule has 0 radical (unpaired) electrons. The maximum absolute atomic E-state index is 12.8. The van der Waals surface area contributed by atoms with Crippen molar-refractivity contribution in [2.75, 3.05) is 13.1 Å². The van der Waals surface area contributed by atoms with Gasteiger partial charge in [0.2, 0.25) is 0 Å². The first kappa shape index (κ1) is 16.6. The van der Waals surface area contributed by atoms with E-state index in [1.165, 1.54) is 10.7 Å². The van der Waals surface area contributed by atoms with E-state index in [1.54, 1.807) is 17.0 Å². The fourth-order valence-electron chi connectivity index (χ4n) is 4.35. The number of nitrogens with zero attached hydrogens (tertiary/aromatic N) is 2. The quantitative estimate of drug-likeness (QED) is 0.878. The van der Waals surface area contributed by atoms with Crippen LogP contribution in [0.3, 0.4) is 0 Å². The number of aryl methyl sites for hydroxylation is 1. The summed E-state index contributed by atoms with van der Waals surface area (Å²) in [5, 5.41) is 12.5. The van der Waals surface area contributed by atoms with Crippen LogP contribution in [0.5, 0.6) is 0 Å². The lowest BCUT2D eigenvalue weighted by molar-refractivity contribution is -0.149. The molecule has 1 saturated heterocycles. The van der Waals surface area contributed by atoms with Gasteiger partial charge in [0.25, 0.3) is 11.5 Å². The molecule has 1 aromatic carbocycles. The van der Waals surface area contributed by atoms with E-state index in [4.69, 9.17) is 0 Å². The van der Waals surface area contributed by atoms with Crippen molar-refractivity contribution in [3.63, 3.8) is 0 Å². The number of aromatic nitrogens is 2. The molecule has 0 spiro atoms. The molecule has 0 unspecified atom stereocenters. The minimum atomic E-state index is -0.824. The maximum atomic E-state index is 12.8. The van der Waals surface area contributed by atoms with Crippen LogP contribution in [0.25, 0.3) is 5.69 Å². The van der Waals surface area contributed by atoms with Crippen molar-refractivity contribution < 1.29 is 14.7 Å². The summed E-state index contributed by atoms with van der Waals surface area (Å²) in [5.41, 5.74) is 0.781. The Morgan fingerprint density at radius 3 is 2.65 bits per heavy atom. The molecule has 0 bridgehead atoms. The number of H-pyrrole nitrogens is 1. The Morgan fingerprint density at radius 2 is 2.00 bits per heavy atom. The molecule has 7 heteroatoms. The molecule has 2 N–H and O–H groups in total. The smallest absolute Gasteiger partial charge is 0.311 e. The van der Waals surface area contributed by atoms with E-state index in [9.17, 15) is 19.5 Å². The van der Waals surface area contributed by atoms with Crippen molar-refractivity contribution in [3.05, 3.63) is 51.9 Å². The Labute approximate surface area is 150 Å². The van der Waals surface area contributed by atoms with Crippen molar-refractivity contribution >= 4 is 11.9 Å². The third-order valence-corrected chi connectivity index (χ3v) is 5.83. The van der Waals surface area contributed by atoms with Crippen LogP contribution in [0.15, 0.2) is 35.1 Å². The van der Waals surface area contributed by atoms with Gasteiger partial charge in [-0.1, -0.05) is 24.1 Å². The number of carboxylic acids is 1. The van der Waals surface area contributed by atoms with Crippen molar-refractivity contribution in [1.82, 2.24) is 14.7 Å². The van der Waals surface area contributed by atoms with Crippen LogP contribution in [-0.2, 0) is 4.79 Å². The second-order valence-corrected chi connectivity index (χ2v) is 7.42. The minimum Gasteiger partial charge on any atom is -0.481 e. The highest BCUT2D eigenvalue weighted by atomic mass is 16.4. The van der Waals surface area contributed by atoms with Gasteiger partial charge in [0.15, 0.2) is 0 Å². The van der Waals surface area contributed by atoms with Gasteiger partial charge in [0, 0.05) is 19.2 Å². The Hall–Kier alpha value is -2.83. The fourth-order valence-corrected chi connectivity index (χ4v) is 4.35. The average Bonchev–Trinajstić information content (AvgIpc) is 3.27. The summed E-state index contributed by atoms with van der Waals surface area (Å²) in [6.45, 7) is 2.60. The van der Waals surface area contributed by atoms with Gasteiger partial charge in [0.05, 0.1) is 11.1 Å². The molecule has 2 heterocycles. The van der Waals surface area contributed by atoms with Gasteiger partial charge in [-0.15, -0.1) is 0 Å². The second kappa shape index (κ2) is 5.86. The first-order valence-corrected chi connectivity index (χ1v) is 8.82. The molecule has 7 nitrogen and oxygen atoms in total. The lowest BCUT2D eigenvalue weighted by Gasteiger charge is -2.23. The second-order valence-electron chi connectivity index (χ2n) is 7.42. The van der Waals surface area contributed by atoms with E-state index in [1.807, 2.05) is 19.1 Å². The van der Waals surface area contributed by atoms with E-state index in [2.05, 4.69) is 5.10 Å². The van der Waals surface area contributed by atoms with Crippen LogP contribution < -0.4 is 5.56 Å². The Balaban J connectivity index is 1.60. The van der Waals surface area contributed by atoms with Crippen LogP contribution in [0.2, 0.25) is 0 Å². The van der Waals surface area contributed by atoms with E-state index < -0.39 is 11.4 Å². The number of fused-ring (bicyclic) bond motifs is 1. The van der Waals surface area contributed by atoms with Gasteiger partial charge >= 0.3 is 5.97 Å². The lowest BCUT2D eigenvalue weighted by Crippen LogP contribution is -2.37. The van der Waals surface area contributed by atoms with Gasteiger partial charge in [-0.2, -0.15) is 0 Å². The summed E-state index contributed by atoms with van der Waals surface area (Å²) >= 11 is 0. The molecule has 1 amide bonds. The molecule has 2 aromatic rings. The standard InChI is InChI=1S/C19H21N3O4/c1-12-4-6-14(7-5-12)22-16(23)9-15(20-22)17(24)21-10-13-3-2-8-19(13,11-21)18(25)26/h4-7,9,13,20H,2-3,8,10-11H2,1H3,(H,25,26)/t13-,19+/m0/s1. The molecule has 2 atom stereocenters. The van der Waals surface area contributed by atoms with Gasteiger partial charge in [-0.05, 0) is 37.8 Å². The number of carboxylic acid groups (broad SMARTS) is 1. The monoisotopic (exact) mass is 355 g/mol. The predicted molar refractivity (Wildman–Crippen MR) is 94.4 cm³/mol. The molecule has 2 aliphatic rings. The van der Waals surface area contributed by atoms with Gasteiger partial charge in [0.1, 0.15) is 5.69 Å². The molecule has 26 heavy (non-hydrogen) atoms.